The summed E-state index contributed by atoms with van der Waals surface area (Å²) in [6.07, 6.45) is 3.19. The molecule has 0 aliphatic carbocycles. The molecule has 0 saturated carbocycles. The quantitative estimate of drug-likeness (QED) is 0.739. The Morgan fingerprint density at radius 3 is 2.86 bits per heavy atom. The minimum atomic E-state index is 0.519. The first-order valence-electron chi connectivity index (χ1n) is 4.40. The smallest absolute Gasteiger partial charge is 0.134 e. The van der Waals surface area contributed by atoms with E-state index in [2.05, 4.69) is 16.0 Å². The highest BCUT2D eigenvalue weighted by Gasteiger charge is 2.02. The lowest BCUT2D eigenvalue weighted by atomic mass is 10.1. The fourth-order valence-corrected chi connectivity index (χ4v) is 1.37. The number of nitrogens with two attached hydrogens (primary N) is 1. The van der Waals surface area contributed by atoms with Crippen molar-refractivity contribution in [3.05, 3.63) is 42.4 Å². The Kier molecular flexibility index (Phi) is 2.14. The Balaban J connectivity index is 2.55. The molecule has 0 fully saturated rings. The Morgan fingerprint density at radius 1 is 1.29 bits per heavy atom. The van der Waals surface area contributed by atoms with Crippen LogP contribution < -0.4 is 5.73 Å². The zero-order chi connectivity index (χ0) is 9.97. The molecule has 0 amide bonds. The summed E-state index contributed by atoms with van der Waals surface area (Å²) >= 11 is 0. The number of benzene rings is 1. The fraction of sp³-hybridized carbons (Fsp3) is 0.0909. The number of aromatic nitrogens is 2. The van der Waals surface area contributed by atoms with E-state index < -0.39 is 0 Å². The second kappa shape index (κ2) is 3.46. The van der Waals surface area contributed by atoms with Crippen LogP contribution in [0.1, 0.15) is 5.56 Å². The Bertz CT molecular complexity index is 452. The molecule has 0 atom stereocenters. The van der Waals surface area contributed by atoms with Gasteiger partial charge in [-0.25, -0.2) is 9.97 Å². The molecule has 1 heterocycles. The van der Waals surface area contributed by atoms with Crippen LogP contribution in [0.3, 0.4) is 0 Å². The first-order valence-corrected chi connectivity index (χ1v) is 4.40. The number of anilines is 1. The van der Waals surface area contributed by atoms with Crippen molar-refractivity contribution in [3.8, 4) is 11.1 Å². The van der Waals surface area contributed by atoms with Gasteiger partial charge in [-0.2, -0.15) is 0 Å². The van der Waals surface area contributed by atoms with E-state index in [4.69, 9.17) is 5.73 Å². The topological polar surface area (TPSA) is 51.8 Å². The second-order valence-electron chi connectivity index (χ2n) is 3.19. The standard InChI is InChI=1S/C11H11N3/c1-8-3-2-4-9(5-8)10-6-13-7-14-11(10)12/h2-7H,1H3,(H2,12,13,14). The van der Waals surface area contributed by atoms with Gasteiger partial charge >= 0.3 is 0 Å². The van der Waals surface area contributed by atoms with Gasteiger partial charge < -0.3 is 5.73 Å². The predicted octanol–water partition coefficient (Wildman–Crippen LogP) is 2.03. The molecule has 1 aromatic heterocycles. The van der Waals surface area contributed by atoms with Crippen LogP contribution in [-0.2, 0) is 0 Å². The van der Waals surface area contributed by atoms with Gasteiger partial charge in [-0.3, -0.25) is 0 Å². The molecule has 14 heavy (non-hydrogen) atoms. The average Bonchev–Trinajstić information content (AvgIpc) is 2.18. The van der Waals surface area contributed by atoms with Crippen molar-refractivity contribution in [1.29, 1.82) is 0 Å². The van der Waals surface area contributed by atoms with Gasteiger partial charge in [-0.05, 0) is 12.5 Å². The van der Waals surface area contributed by atoms with Crippen LogP contribution in [0.4, 0.5) is 5.82 Å². The number of nitrogens with zero attached hydrogens (tertiary/aromatic N) is 2. The van der Waals surface area contributed by atoms with Crippen molar-refractivity contribution >= 4 is 5.82 Å². The van der Waals surface area contributed by atoms with Crippen LogP contribution in [0.25, 0.3) is 11.1 Å². The zero-order valence-corrected chi connectivity index (χ0v) is 7.94. The first-order chi connectivity index (χ1) is 6.77. The molecule has 0 saturated heterocycles. The van der Waals surface area contributed by atoms with Gasteiger partial charge in [-0.1, -0.05) is 29.8 Å². The summed E-state index contributed by atoms with van der Waals surface area (Å²) in [6, 6.07) is 8.11. The average molecular weight is 185 g/mol. The highest BCUT2D eigenvalue weighted by Crippen LogP contribution is 2.23. The van der Waals surface area contributed by atoms with Crippen molar-refractivity contribution in [3.63, 3.8) is 0 Å². The molecular weight excluding hydrogens is 174 g/mol. The van der Waals surface area contributed by atoms with Gasteiger partial charge in [0.05, 0.1) is 0 Å². The molecule has 1 aromatic carbocycles. The van der Waals surface area contributed by atoms with E-state index in [0.717, 1.165) is 11.1 Å². The van der Waals surface area contributed by atoms with E-state index in [1.807, 2.05) is 25.1 Å². The van der Waals surface area contributed by atoms with Gasteiger partial charge in [0.1, 0.15) is 12.1 Å². The third kappa shape index (κ3) is 1.57. The zero-order valence-electron chi connectivity index (χ0n) is 7.94. The van der Waals surface area contributed by atoms with Gasteiger partial charge in [0, 0.05) is 11.8 Å². The number of hydrogen-bond donors (Lipinski definition) is 1. The van der Waals surface area contributed by atoms with Crippen molar-refractivity contribution in [2.24, 2.45) is 0 Å². The molecule has 0 radical (unpaired) electrons. The Hall–Kier alpha value is -1.90. The second-order valence-corrected chi connectivity index (χ2v) is 3.19. The van der Waals surface area contributed by atoms with Crippen LogP contribution in [0.5, 0.6) is 0 Å². The maximum Gasteiger partial charge on any atom is 0.134 e. The molecule has 2 N–H and O–H groups in total. The predicted molar refractivity (Wildman–Crippen MR) is 56.6 cm³/mol. The van der Waals surface area contributed by atoms with Gasteiger partial charge in [0.25, 0.3) is 0 Å². The lowest BCUT2D eigenvalue weighted by molar-refractivity contribution is 1.18. The van der Waals surface area contributed by atoms with Crippen molar-refractivity contribution in [2.45, 2.75) is 6.92 Å². The van der Waals surface area contributed by atoms with Crippen molar-refractivity contribution < 1.29 is 0 Å². The maximum atomic E-state index is 5.75. The minimum absolute atomic E-state index is 0.519. The summed E-state index contributed by atoms with van der Waals surface area (Å²) in [6.45, 7) is 2.05. The van der Waals surface area contributed by atoms with Crippen LogP contribution in [0.2, 0.25) is 0 Å². The van der Waals surface area contributed by atoms with Crippen LogP contribution >= 0.6 is 0 Å². The summed E-state index contributed by atoms with van der Waals surface area (Å²) in [5.74, 6) is 0.519. The van der Waals surface area contributed by atoms with Crippen molar-refractivity contribution in [2.75, 3.05) is 5.73 Å². The summed E-state index contributed by atoms with van der Waals surface area (Å²) in [7, 11) is 0. The highest BCUT2D eigenvalue weighted by atomic mass is 14.9. The van der Waals surface area contributed by atoms with E-state index in [1.165, 1.54) is 11.9 Å². The normalized spacial score (nSPS) is 10.1. The van der Waals surface area contributed by atoms with E-state index in [1.54, 1.807) is 6.20 Å². The van der Waals surface area contributed by atoms with Crippen LogP contribution in [-0.4, -0.2) is 9.97 Å². The Morgan fingerprint density at radius 2 is 2.14 bits per heavy atom. The largest absolute Gasteiger partial charge is 0.383 e. The molecule has 0 unspecified atom stereocenters. The molecule has 0 aliphatic heterocycles. The number of nitrogen functional groups attached to an aromatic ring is 1. The monoisotopic (exact) mass is 185 g/mol. The van der Waals surface area contributed by atoms with Crippen molar-refractivity contribution in [1.82, 2.24) is 9.97 Å². The highest BCUT2D eigenvalue weighted by molar-refractivity contribution is 5.72. The molecule has 2 rings (SSSR count). The van der Waals surface area contributed by atoms with Gasteiger partial charge in [-0.15, -0.1) is 0 Å². The molecule has 3 nitrogen and oxygen atoms in total. The summed E-state index contributed by atoms with van der Waals surface area (Å²) in [5, 5.41) is 0. The summed E-state index contributed by atoms with van der Waals surface area (Å²) in [4.78, 5) is 7.91. The van der Waals surface area contributed by atoms with Gasteiger partial charge in [0.15, 0.2) is 0 Å². The molecule has 70 valence electrons. The number of aryl methyl sites for hydroxylation is 1. The lowest BCUT2D eigenvalue weighted by Crippen LogP contribution is -1.94. The lowest BCUT2D eigenvalue weighted by Gasteiger charge is -2.04. The van der Waals surface area contributed by atoms with E-state index in [0.29, 0.717) is 5.82 Å². The molecule has 3 heteroatoms. The van der Waals surface area contributed by atoms with Gasteiger partial charge in [0.2, 0.25) is 0 Å². The molecule has 0 spiro atoms. The third-order valence-corrected chi connectivity index (χ3v) is 2.07. The summed E-state index contributed by atoms with van der Waals surface area (Å²) in [5.41, 5.74) is 8.90. The van der Waals surface area contributed by atoms with Crippen LogP contribution in [0, 0.1) is 6.92 Å². The fourth-order valence-electron chi connectivity index (χ4n) is 1.37. The Labute approximate surface area is 82.6 Å². The SMILES string of the molecule is Cc1cccc(-c2cncnc2N)c1. The molecule has 2 aromatic rings. The van der Waals surface area contributed by atoms with Crippen LogP contribution in [0.15, 0.2) is 36.8 Å². The maximum absolute atomic E-state index is 5.75. The first kappa shape index (κ1) is 8.69. The molecule has 0 bridgehead atoms. The molecular formula is C11H11N3. The number of rotatable bonds is 1. The minimum Gasteiger partial charge on any atom is -0.383 e. The molecule has 0 aliphatic rings. The summed E-state index contributed by atoms with van der Waals surface area (Å²) < 4.78 is 0. The van der Waals surface area contributed by atoms with E-state index in [-0.39, 0.29) is 0 Å². The van der Waals surface area contributed by atoms with E-state index in [9.17, 15) is 0 Å². The number of hydrogen-bond acceptors (Lipinski definition) is 3. The van der Waals surface area contributed by atoms with E-state index >= 15 is 0 Å². The third-order valence-electron chi connectivity index (χ3n) is 2.07.